The highest BCUT2D eigenvalue weighted by Crippen LogP contribution is 2.30. The molecule has 6 nitrogen and oxygen atoms in total. The Kier molecular flexibility index (Phi) is 5.24. The summed E-state index contributed by atoms with van der Waals surface area (Å²) in [6.07, 6.45) is 1.33. The summed E-state index contributed by atoms with van der Waals surface area (Å²) in [5.74, 6) is -0.889. The van der Waals surface area contributed by atoms with Crippen LogP contribution >= 0.6 is 11.3 Å². The molecule has 2 aromatic carbocycles. The molecule has 2 heterocycles. The van der Waals surface area contributed by atoms with Gasteiger partial charge in [-0.1, -0.05) is 24.3 Å². The predicted octanol–water partition coefficient (Wildman–Crippen LogP) is 4.11. The van der Waals surface area contributed by atoms with Gasteiger partial charge in [-0.25, -0.2) is 9.37 Å². The van der Waals surface area contributed by atoms with E-state index in [0.717, 1.165) is 0 Å². The third kappa shape index (κ3) is 3.90. The Morgan fingerprint density at radius 3 is 2.67 bits per heavy atom. The van der Waals surface area contributed by atoms with Crippen LogP contribution < -0.4 is 10.9 Å². The number of benzene rings is 2. The fourth-order valence-electron chi connectivity index (χ4n) is 3.09. The Bertz CT molecular complexity index is 1330. The number of nitrogens with one attached hydrogen (secondary N) is 1. The molecule has 1 amide bonds. The summed E-state index contributed by atoms with van der Waals surface area (Å²) in [6.45, 7) is 1.21. The van der Waals surface area contributed by atoms with Crippen molar-refractivity contribution < 1.29 is 14.0 Å². The lowest BCUT2D eigenvalue weighted by atomic mass is 10.1. The van der Waals surface area contributed by atoms with Gasteiger partial charge in [-0.15, -0.1) is 11.3 Å². The number of carbonyl (C=O) groups excluding carboxylic acids is 2. The van der Waals surface area contributed by atoms with Crippen molar-refractivity contribution in [3.05, 3.63) is 82.0 Å². The van der Waals surface area contributed by atoms with Gasteiger partial charge in [-0.05, 0) is 36.8 Å². The van der Waals surface area contributed by atoms with Gasteiger partial charge in [-0.3, -0.25) is 19.0 Å². The van der Waals surface area contributed by atoms with E-state index in [9.17, 15) is 18.8 Å². The number of anilines is 1. The van der Waals surface area contributed by atoms with E-state index in [-0.39, 0.29) is 23.7 Å². The summed E-state index contributed by atoms with van der Waals surface area (Å²) in [7, 11) is 0. The molecule has 0 atom stereocenters. The Labute approximate surface area is 174 Å². The van der Waals surface area contributed by atoms with Crippen molar-refractivity contribution >= 4 is 38.9 Å². The van der Waals surface area contributed by atoms with E-state index >= 15 is 0 Å². The molecule has 0 bridgehead atoms. The SMILES string of the molecule is CC(=O)c1cccc(NC(=O)Cn2cnc3scc(-c4ccc(F)cc4)c3c2=O)c1. The average molecular weight is 421 g/mol. The number of hydrogen-bond acceptors (Lipinski definition) is 5. The van der Waals surface area contributed by atoms with Crippen LogP contribution in [0.5, 0.6) is 0 Å². The molecule has 2 aromatic heterocycles. The molecule has 1 N–H and O–H groups in total. The van der Waals surface area contributed by atoms with Crippen molar-refractivity contribution in [1.82, 2.24) is 9.55 Å². The lowest BCUT2D eigenvalue weighted by molar-refractivity contribution is -0.116. The van der Waals surface area contributed by atoms with Gasteiger partial charge in [0, 0.05) is 22.2 Å². The summed E-state index contributed by atoms with van der Waals surface area (Å²) < 4.78 is 14.5. The minimum atomic E-state index is -0.419. The average Bonchev–Trinajstić information content (AvgIpc) is 3.16. The number of fused-ring (bicyclic) bond motifs is 1. The van der Waals surface area contributed by atoms with Crippen molar-refractivity contribution in [2.24, 2.45) is 0 Å². The van der Waals surface area contributed by atoms with Crippen molar-refractivity contribution in [3.8, 4) is 11.1 Å². The van der Waals surface area contributed by atoms with Gasteiger partial charge < -0.3 is 5.32 Å². The molecule has 0 radical (unpaired) electrons. The fourth-order valence-corrected chi connectivity index (χ4v) is 4.00. The van der Waals surface area contributed by atoms with E-state index in [1.807, 2.05) is 0 Å². The maximum absolute atomic E-state index is 13.2. The van der Waals surface area contributed by atoms with Crippen molar-refractivity contribution in [2.45, 2.75) is 13.5 Å². The molecule has 0 unspecified atom stereocenters. The van der Waals surface area contributed by atoms with Crippen LogP contribution in [0.1, 0.15) is 17.3 Å². The van der Waals surface area contributed by atoms with Crippen LogP contribution in [0.2, 0.25) is 0 Å². The number of hydrogen-bond donors (Lipinski definition) is 1. The molecule has 0 spiro atoms. The molecule has 0 aliphatic carbocycles. The predicted molar refractivity (Wildman–Crippen MR) is 114 cm³/mol. The summed E-state index contributed by atoms with van der Waals surface area (Å²) in [6, 6.07) is 12.4. The lowest BCUT2D eigenvalue weighted by Gasteiger charge is -2.08. The summed E-state index contributed by atoms with van der Waals surface area (Å²) in [5, 5.41) is 4.87. The summed E-state index contributed by atoms with van der Waals surface area (Å²) in [5.41, 5.74) is 1.95. The number of aromatic nitrogens is 2. The van der Waals surface area contributed by atoms with Gasteiger partial charge in [0.2, 0.25) is 5.91 Å². The molecule has 0 saturated carbocycles. The van der Waals surface area contributed by atoms with Crippen LogP contribution in [-0.4, -0.2) is 21.2 Å². The summed E-state index contributed by atoms with van der Waals surface area (Å²) in [4.78, 5) is 41.8. The Hall–Kier alpha value is -3.65. The molecule has 8 heteroatoms. The van der Waals surface area contributed by atoms with E-state index in [2.05, 4.69) is 10.3 Å². The molecule has 0 fully saturated rings. The molecule has 0 aliphatic rings. The number of amides is 1. The van der Waals surface area contributed by atoms with Gasteiger partial charge in [0.05, 0.1) is 11.7 Å². The Morgan fingerprint density at radius 2 is 1.93 bits per heavy atom. The van der Waals surface area contributed by atoms with Crippen molar-refractivity contribution in [2.75, 3.05) is 5.32 Å². The van der Waals surface area contributed by atoms with E-state index < -0.39 is 5.91 Å². The summed E-state index contributed by atoms with van der Waals surface area (Å²) >= 11 is 1.31. The second-order valence-electron chi connectivity index (χ2n) is 6.70. The highest BCUT2D eigenvalue weighted by atomic mass is 32.1. The molecule has 0 aliphatic heterocycles. The van der Waals surface area contributed by atoms with Crippen LogP contribution in [-0.2, 0) is 11.3 Å². The van der Waals surface area contributed by atoms with Crippen molar-refractivity contribution in [3.63, 3.8) is 0 Å². The topological polar surface area (TPSA) is 81.1 Å². The monoisotopic (exact) mass is 421 g/mol. The van der Waals surface area contributed by atoms with Gasteiger partial charge in [0.25, 0.3) is 5.56 Å². The minimum absolute atomic E-state index is 0.109. The lowest BCUT2D eigenvalue weighted by Crippen LogP contribution is -2.27. The number of carbonyl (C=O) groups is 2. The number of nitrogens with zero attached hydrogens (tertiary/aromatic N) is 2. The van der Waals surface area contributed by atoms with Crippen molar-refractivity contribution in [1.29, 1.82) is 0 Å². The van der Waals surface area contributed by atoms with Gasteiger partial charge in [0.1, 0.15) is 17.2 Å². The third-order valence-corrected chi connectivity index (χ3v) is 5.47. The second-order valence-corrected chi connectivity index (χ2v) is 7.56. The first-order valence-corrected chi connectivity index (χ1v) is 9.94. The van der Waals surface area contributed by atoms with Crippen LogP contribution in [0.15, 0.2) is 65.0 Å². The Balaban J connectivity index is 1.62. The molecular formula is C22H16FN3O3S. The second kappa shape index (κ2) is 8.00. The number of Topliss-reactive ketones (excluding diaryl/α,β-unsaturated/α-hetero) is 1. The zero-order valence-corrected chi connectivity index (χ0v) is 16.7. The van der Waals surface area contributed by atoms with E-state index in [4.69, 9.17) is 0 Å². The van der Waals surface area contributed by atoms with Crippen LogP contribution in [0, 0.1) is 5.82 Å². The highest BCUT2D eigenvalue weighted by Gasteiger charge is 2.15. The first kappa shape index (κ1) is 19.7. The molecule has 30 heavy (non-hydrogen) atoms. The van der Waals surface area contributed by atoms with Crippen LogP contribution in [0.3, 0.4) is 0 Å². The van der Waals surface area contributed by atoms with Crippen LogP contribution in [0.25, 0.3) is 21.3 Å². The zero-order chi connectivity index (χ0) is 21.3. The molecule has 4 aromatic rings. The number of thiophene rings is 1. The number of rotatable bonds is 5. The fraction of sp³-hybridized carbons (Fsp3) is 0.0909. The van der Waals surface area contributed by atoms with E-state index in [1.54, 1.807) is 41.8 Å². The quantitative estimate of drug-likeness (QED) is 0.492. The van der Waals surface area contributed by atoms with E-state index in [1.165, 1.54) is 41.3 Å². The van der Waals surface area contributed by atoms with Crippen LogP contribution in [0.4, 0.5) is 10.1 Å². The van der Waals surface area contributed by atoms with Gasteiger partial charge in [-0.2, -0.15) is 0 Å². The minimum Gasteiger partial charge on any atom is -0.325 e. The zero-order valence-electron chi connectivity index (χ0n) is 15.9. The largest absolute Gasteiger partial charge is 0.325 e. The highest BCUT2D eigenvalue weighted by molar-refractivity contribution is 7.17. The third-order valence-electron chi connectivity index (χ3n) is 4.58. The molecule has 4 rings (SSSR count). The molecular weight excluding hydrogens is 405 g/mol. The first-order valence-electron chi connectivity index (χ1n) is 9.06. The maximum atomic E-state index is 13.2. The maximum Gasteiger partial charge on any atom is 0.263 e. The van der Waals surface area contributed by atoms with Gasteiger partial charge >= 0.3 is 0 Å². The Morgan fingerprint density at radius 1 is 1.17 bits per heavy atom. The van der Waals surface area contributed by atoms with Gasteiger partial charge in [0.15, 0.2) is 5.78 Å². The molecule has 0 saturated heterocycles. The number of halogens is 1. The van der Waals surface area contributed by atoms with E-state index in [0.29, 0.717) is 32.6 Å². The standard InChI is InChI=1S/C22H16FN3O3S/c1-13(27)15-3-2-4-17(9-15)25-19(28)10-26-12-24-21-20(22(26)29)18(11-30-21)14-5-7-16(23)8-6-14/h2-9,11-12H,10H2,1H3,(H,25,28). The first-order chi connectivity index (χ1) is 14.4. The molecule has 150 valence electrons. The number of ketones is 1. The smallest absolute Gasteiger partial charge is 0.263 e. The normalized spacial score (nSPS) is 10.9.